The van der Waals surface area contributed by atoms with Crippen molar-refractivity contribution < 1.29 is 22.7 Å². The van der Waals surface area contributed by atoms with E-state index in [-0.39, 0.29) is 10.5 Å². The van der Waals surface area contributed by atoms with Gasteiger partial charge in [0.05, 0.1) is 29.8 Å². The minimum Gasteiger partial charge on any atom is -0.495 e. The summed E-state index contributed by atoms with van der Waals surface area (Å²) in [6, 6.07) is 9.05. The van der Waals surface area contributed by atoms with E-state index in [1.54, 1.807) is 18.2 Å². The van der Waals surface area contributed by atoms with Crippen molar-refractivity contribution in [2.24, 2.45) is 0 Å². The molecule has 0 aliphatic carbocycles. The molecule has 0 saturated heterocycles. The van der Waals surface area contributed by atoms with E-state index in [2.05, 4.69) is 5.32 Å². The molecule has 0 heterocycles. The fourth-order valence-electron chi connectivity index (χ4n) is 2.95. The van der Waals surface area contributed by atoms with Gasteiger partial charge in [-0.1, -0.05) is 31.5 Å². The van der Waals surface area contributed by atoms with E-state index in [1.807, 2.05) is 13.8 Å². The molecule has 7 nitrogen and oxygen atoms in total. The molecule has 30 heavy (non-hydrogen) atoms. The van der Waals surface area contributed by atoms with Gasteiger partial charge in [0.1, 0.15) is 11.5 Å². The van der Waals surface area contributed by atoms with Crippen LogP contribution >= 0.6 is 11.6 Å². The molecule has 0 aromatic heterocycles. The number of nitrogens with zero attached hydrogens (tertiary/aromatic N) is 1. The monoisotopic (exact) mass is 454 g/mol. The maximum atomic E-state index is 13.0. The first-order valence-corrected chi connectivity index (χ1v) is 11.4. The molecular formula is C21H27ClN2O5S. The van der Waals surface area contributed by atoms with Crippen LogP contribution in [0.1, 0.15) is 37.0 Å². The van der Waals surface area contributed by atoms with Gasteiger partial charge in [0.15, 0.2) is 0 Å². The van der Waals surface area contributed by atoms with Crippen LogP contribution in [0.4, 0.5) is 5.69 Å². The number of hydrogen-bond acceptors (Lipinski definition) is 5. The SMILES string of the molecule is CCCN(CCC)S(=O)(=O)c1cccc(C(=O)Nc2cc(Cl)c(OC)cc2OC)c1. The number of amides is 1. The Balaban J connectivity index is 2.34. The molecule has 0 aliphatic rings. The normalized spacial score (nSPS) is 11.4. The molecule has 0 saturated carbocycles. The lowest BCUT2D eigenvalue weighted by atomic mass is 10.2. The van der Waals surface area contributed by atoms with E-state index >= 15 is 0 Å². The summed E-state index contributed by atoms with van der Waals surface area (Å²) in [5.74, 6) is 0.293. The molecule has 2 rings (SSSR count). The summed E-state index contributed by atoms with van der Waals surface area (Å²) < 4.78 is 37.9. The lowest BCUT2D eigenvalue weighted by Gasteiger charge is -2.21. The largest absolute Gasteiger partial charge is 0.495 e. The second-order valence-corrected chi connectivity index (χ2v) is 8.92. The molecule has 0 spiro atoms. The lowest BCUT2D eigenvalue weighted by Crippen LogP contribution is -2.32. The number of benzene rings is 2. The van der Waals surface area contributed by atoms with Gasteiger partial charge in [0, 0.05) is 24.7 Å². The van der Waals surface area contributed by atoms with Gasteiger partial charge in [-0.3, -0.25) is 4.79 Å². The summed E-state index contributed by atoms with van der Waals surface area (Å²) in [5.41, 5.74) is 0.554. The first-order valence-electron chi connectivity index (χ1n) is 9.61. The van der Waals surface area contributed by atoms with Crippen LogP contribution in [0.5, 0.6) is 11.5 Å². The Morgan fingerprint density at radius 1 is 1.03 bits per heavy atom. The third kappa shape index (κ3) is 5.44. The second kappa shape index (κ2) is 10.7. The third-order valence-electron chi connectivity index (χ3n) is 4.40. The van der Waals surface area contributed by atoms with Crippen molar-refractivity contribution in [3.63, 3.8) is 0 Å². The number of carbonyl (C=O) groups excluding carboxylic acids is 1. The molecule has 0 bridgehead atoms. The number of methoxy groups -OCH3 is 2. The van der Waals surface area contributed by atoms with Crippen LogP contribution in [0, 0.1) is 0 Å². The summed E-state index contributed by atoms with van der Waals surface area (Å²) in [4.78, 5) is 12.9. The highest BCUT2D eigenvalue weighted by atomic mass is 35.5. The smallest absolute Gasteiger partial charge is 0.255 e. The number of nitrogens with one attached hydrogen (secondary N) is 1. The predicted octanol–water partition coefficient (Wildman–Crippen LogP) is 4.42. The predicted molar refractivity (Wildman–Crippen MR) is 118 cm³/mol. The molecule has 0 atom stereocenters. The highest BCUT2D eigenvalue weighted by Crippen LogP contribution is 2.36. The zero-order chi connectivity index (χ0) is 22.3. The molecule has 0 fully saturated rings. The molecule has 164 valence electrons. The van der Waals surface area contributed by atoms with Crippen molar-refractivity contribution >= 4 is 33.2 Å². The van der Waals surface area contributed by atoms with Crippen LogP contribution in [0.2, 0.25) is 5.02 Å². The van der Waals surface area contributed by atoms with Gasteiger partial charge in [-0.25, -0.2) is 8.42 Å². The molecule has 1 amide bonds. The highest BCUT2D eigenvalue weighted by Gasteiger charge is 2.24. The summed E-state index contributed by atoms with van der Waals surface area (Å²) in [6.45, 7) is 4.70. The Kier molecular flexibility index (Phi) is 8.52. The number of halogens is 1. The Hall–Kier alpha value is -2.29. The summed E-state index contributed by atoms with van der Waals surface area (Å²) in [5, 5.41) is 3.02. The summed E-state index contributed by atoms with van der Waals surface area (Å²) in [7, 11) is -0.755. The number of hydrogen-bond donors (Lipinski definition) is 1. The second-order valence-electron chi connectivity index (χ2n) is 6.57. The van der Waals surface area contributed by atoms with Crippen LogP contribution in [-0.2, 0) is 10.0 Å². The van der Waals surface area contributed by atoms with Crippen molar-refractivity contribution in [2.75, 3.05) is 32.6 Å². The Morgan fingerprint density at radius 3 is 2.23 bits per heavy atom. The van der Waals surface area contributed by atoms with Crippen molar-refractivity contribution in [1.82, 2.24) is 4.31 Å². The molecule has 9 heteroatoms. The minimum atomic E-state index is -3.69. The molecule has 0 aliphatic heterocycles. The van der Waals surface area contributed by atoms with Crippen LogP contribution in [0.25, 0.3) is 0 Å². The maximum Gasteiger partial charge on any atom is 0.255 e. The number of sulfonamides is 1. The van der Waals surface area contributed by atoms with E-state index < -0.39 is 15.9 Å². The van der Waals surface area contributed by atoms with Gasteiger partial charge in [-0.05, 0) is 37.1 Å². The first kappa shape index (κ1) is 24.0. The van der Waals surface area contributed by atoms with E-state index in [0.717, 1.165) is 0 Å². The molecular weight excluding hydrogens is 428 g/mol. The molecule has 0 unspecified atom stereocenters. The van der Waals surface area contributed by atoms with Crippen molar-refractivity contribution in [3.05, 3.63) is 47.0 Å². The number of carbonyl (C=O) groups is 1. The van der Waals surface area contributed by atoms with Gasteiger partial charge in [-0.15, -0.1) is 0 Å². The number of rotatable bonds is 10. The highest BCUT2D eigenvalue weighted by molar-refractivity contribution is 7.89. The average Bonchev–Trinajstić information content (AvgIpc) is 2.73. The Labute approximate surface area is 183 Å². The van der Waals surface area contributed by atoms with E-state index in [4.69, 9.17) is 21.1 Å². The Bertz CT molecular complexity index is 989. The zero-order valence-electron chi connectivity index (χ0n) is 17.6. The van der Waals surface area contributed by atoms with Gasteiger partial charge in [0.25, 0.3) is 5.91 Å². The van der Waals surface area contributed by atoms with Crippen molar-refractivity contribution in [1.29, 1.82) is 0 Å². The third-order valence-corrected chi connectivity index (χ3v) is 6.59. The Morgan fingerprint density at radius 2 is 1.67 bits per heavy atom. The molecule has 2 aromatic carbocycles. The van der Waals surface area contributed by atoms with Crippen LogP contribution in [0.3, 0.4) is 0 Å². The lowest BCUT2D eigenvalue weighted by molar-refractivity contribution is 0.102. The van der Waals surface area contributed by atoms with E-state index in [0.29, 0.717) is 48.1 Å². The zero-order valence-corrected chi connectivity index (χ0v) is 19.1. The van der Waals surface area contributed by atoms with Crippen molar-refractivity contribution in [2.45, 2.75) is 31.6 Å². The van der Waals surface area contributed by atoms with Gasteiger partial charge in [-0.2, -0.15) is 4.31 Å². The fraction of sp³-hybridized carbons (Fsp3) is 0.381. The van der Waals surface area contributed by atoms with Crippen molar-refractivity contribution in [3.8, 4) is 11.5 Å². The standard InChI is InChI=1S/C21H27ClN2O5S/c1-5-10-24(11-6-2)30(26,27)16-9-7-8-15(12-16)21(25)23-18-13-17(22)19(28-3)14-20(18)29-4/h7-9,12-14H,5-6,10-11H2,1-4H3,(H,23,25). The van der Waals surface area contributed by atoms with Crippen LogP contribution in [-0.4, -0.2) is 45.9 Å². The first-order chi connectivity index (χ1) is 14.3. The summed E-state index contributed by atoms with van der Waals surface area (Å²) in [6.07, 6.45) is 1.41. The van der Waals surface area contributed by atoms with Crippen LogP contribution in [0.15, 0.2) is 41.3 Å². The molecule has 1 N–H and O–H groups in total. The van der Waals surface area contributed by atoms with E-state index in [9.17, 15) is 13.2 Å². The quantitative estimate of drug-likeness (QED) is 0.574. The minimum absolute atomic E-state index is 0.0804. The topological polar surface area (TPSA) is 84.9 Å². The maximum absolute atomic E-state index is 13.0. The van der Waals surface area contributed by atoms with Gasteiger partial charge in [0.2, 0.25) is 10.0 Å². The molecule has 0 radical (unpaired) electrons. The van der Waals surface area contributed by atoms with Gasteiger partial charge >= 0.3 is 0 Å². The van der Waals surface area contributed by atoms with E-state index in [1.165, 1.54) is 36.7 Å². The fourth-order valence-corrected chi connectivity index (χ4v) is 4.86. The average molecular weight is 455 g/mol. The van der Waals surface area contributed by atoms with Crippen LogP contribution < -0.4 is 14.8 Å². The number of ether oxygens (including phenoxy) is 2. The summed E-state index contributed by atoms with van der Waals surface area (Å²) >= 11 is 6.15. The number of anilines is 1. The van der Waals surface area contributed by atoms with Gasteiger partial charge < -0.3 is 14.8 Å². The molecule has 2 aromatic rings.